The first-order valence-corrected chi connectivity index (χ1v) is 8.90. The van der Waals surface area contributed by atoms with Crippen LogP contribution in [0, 0.1) is 5.92 Å². The number of nitrogens with one attached hydrogen (secondary N) is 1. The molecular formula is C17H28N6O. The molecule has 2 aliphatic rings. The van der Waals surface area contributed by atoms with Crippen LogP contribution in [0.5, 0.6) is 0 Å². The lowest BCUT2D eigenvalue weighted by atomic mass is 9.78. The molecule has 1 saturated heterocycles. The Bertz CT molecular complexity index is 578. The molecule has 7 heteroatoms. The van der Waals surface area contributed by atoms with Gasteiger partial charge in [0.15, 0.2) is 0 Å². The van der Waals surface area contributed by atoms with Crippen molar-refractivity contribution in [1.82, 2.24) is 15.3 Å². The molecule has 1 aliphatic heterocycles. The maximum absolute atomic E-state index is 10.9. The number of hydrogen-bond donors (Lipinski definition) is 3. The van der Waals surface area contributed by atoms with Crippen molar-refractivity contribution < 1.29 is 4.79 Å². The zero-order valence-corrected chi connectivity index (χ0v) is 14.4. The average molecular weight is 332 g/mol. The highest BCUT2D eigenvalue weighted by Crippen LogP contribution is 2.36. The molecule has 1 aliphatic carbocycles. The van der Waals surface area contributed by atoms with Gasteiger partial charge in [-0.2, -0.15) is 4.98 Å². The van der Waals surface area contributed by atoms with E-state index in [9.17, 15) is 4.79 Å². The number of nitrogen functional groups attached to an aromatic ring is 1. The monoisotopic (exact) mass is 332 g/mol. The second-order valence-corrected chi connectivity index (χ2v) is 7.14. The zero-order valence-electron chi connectivity index (χ0n) is 14.4. The van der Waals surface area contributed by atoms with Crippen LogP contribution in [0.25, 0.3) is 0 Å². The molecule has 0 atom stereocenters. The molecule has 0 radical (unpaired) electrons. The van der Waals surface area contributed by atoms with Crippen molar-refractivity contribution in [3.8, 4) is 0 Å². The molecule has 3 rings (SSSR count). The highest BCUT2D eigenvalue weighted by molar-refractivity contribution is 5.72. The number of nitrogens with two attached hydrogens (primary N) is 2. The average Bonchev–Trinajstić information content (AvgIpc) is 2.51. The van der Waals surface area contributed by atoms with Crippen molar-refractivity contribution in [3.63, 3.8) is 0 Å². The van der Waals surface area contributed by atoms with Crippen molar-refractivity contribution in [2.24, 2.45) is 11.7 Å². The van der Waals surface area contributed by atoms with Crippen LogP contribution in [0.3, 0.4) is 0 Å². The Morgan fingerprint density at radius 3 is 2.67 bits per heavy atom. The molecule has 0 aromatic carbocycles. The Labute approximate surface area is 143 Å². The second kappa shape index (κ2) is 7.34. The van der Waals surface area contributed by atoms with Crippen LogP contribution in [0.4, 0.5) is 11.8 Å². The van der Waals surface area contributed by atoms with E-state index < -0.39 is 0 Å². The summed E-state index contributed by atoms with van der Waals surface area (Å²) in [6.45, 7) is 4.29. The Morgan fingerprint density at radius 2 is 2.04 bits per heavy atom. The van der Waals surface area contributed by atoms with E-state index in [1.54, 1.807) is 6.92 Å². The van der Waals surface area contributed by atoms with E-state index in [1.165, 1.54) is 0 Å². The fourth-order valence-corrected chi connectivity index (χ4v) is 3.65. The largest absolute Gasteiger partial charge is 0.368 e. The van der Waals surface area contributed by atoms with Crippen molar-refractivity contribution in [3.05, 3.63) is 11.8 Å². The first-order chi connectivity index (χ1) is 11.5. The Kier molecular flexibility index (Phi) is 5.18. The topological polar surface area (TPSA) is 110 Å². The van der Waals surface area contributed by atoms with E-state index >= 15 is 0 Å². The number of aromatic nitrogens is 2. The summed E-state index contributed by atoms with van der Waals surface area (Å²) in [4.78, 5) is 22.1. The molecule has 2 fully saturated rings. The molecule has 0 spiro atoms. The Hall–Kier alpha value is -1.89. The first-order valence-electron chi connectivity index (χ1n) is 8.90. The van der Waals surface area contributed by atoms with E-state index in [2.05, 4.69) is 26.3 Å². The number of hydrogen-bond acceptors (Lipinski definition) is 6. The minimum atomic E-state index is 0.0483. The third kappa shape index (κ3) is 4.14. The first kappa shape index (κ1) is 17.0. The number of carbonyl (C=O) groups excluding carboxylic acids is 1. The van der Waals surface area contributed by atoms with Gasteiger partial charge in [-0.1, -0.05) is 0 Å². The summed E-state index contributed by atoms with van der Waals surface area (Å²) in [6.07, 6.45) is 5.26. The van der Waals surface area contributed by atoms with Crippen LogP contribution < -0.4 is 21.7 Å². The van der Waals surface area contributed by atoms with Gasteiger partial charge >= 0.3 is 0 Å². The van der Waals surface area contributed by atoms with E-state index in [0.29, 0.717) is 23.8 Å². The Balaban J connectivity index is 1.55. The van der Waals surface area contributed by atoms with E-state index in [0.717, 1.165) is 63.3 Å². The third-order valence-electron chi connectivity index (χ3n) is 5.21. The van der Waals surface area contributed by atoms with Crippen LogP contribution in [0.1, 0.15) is 50.6 Å². The molecule has 1 aromatic rings. The summed E-state index contributed by atoms with van der Waals surface area (Å²) < 4.78 is 0. The summed E-state index contributed by atoms with van der Waals surface area (Å²) >= 11 is 0. The second-order valence-electron chi connectivity index (χ2n) is 7.14. The smallest absolute Gasteiger partial charge is 0.222 e. The van der Waals surface area contributed by atoms with Crippen molar-refractivity contribution in [1.29, 1.82) is 0 Å². The molecule has 0 bridgehead atoms. The summed E-state index contributed by atoms with van der Waals surface area (Å²) in [5.41, 5.74) is 12.8. The summed E-state index contributed by atoms with van der Waals surface area (Å²) in [5, 5.41) is 2.88. The number of nitrogens with zero attached hydrogens (tertiary/aromatic N) is 3. The van der Waals surface area contributed by atoms with Crippen LogP contribution in [-0.2, 0) is 4.79 Å². The lowest BCUT2D eigenvalue weighted by Crippen LogP contribution is -2.37. The molecule has 7 nitrogen and oxygen atoms in total. The number of anilines is 2. The number of piperidine rings is 1. The van der Waals surface area contributed by atoms with Gasteiger partial charge in [-0.05, 0) is 38.0 Å². The SMILES string of the molecule is CC(=O)NCCC1CCN(c2cc(C3CC(N)C3)nc(N)n2)CC1. The lowest BCUT2D eigenvalue weighted by molar-refractivity contribution is -0.119. The number of amides is 1. The molecule has 24 heavy (non-hydrogen) atoms. The quantitative estimate of drug-likeness (QED) is 0.742. The minimum Gasteiger partial charge on any atom is -0.368 e. The van der Waals surface area contributed by atoms with E-state index in [1.807, 2.05) is 0 Å². The molecule has 1 aromatic heterocycles. The molecule has 5 N–H and O–H groups in total. The van der Waals surface area contributed by atoms with E-state index in [4.69, 9.17) is 11.5 Å². The van der Waals surface area contributed by atoms with Crippen molar-refractivity contribution in [2.45, 2.75) is 51.0 Å². The summed E-state index contributed by atoms with van der Waals surface area (Å²) in [5.74, 6) is 2.44. The lowest BCUT2D eigenvalue weighted by Gasteiger charge is -2.35. The van der Waals surface area contributed by atoms with Crippen LogP contribution in [0.2, 0.25) is 0 Å². The van der Waals surface area contributed by atoms with Crippen LogP contribution in [0.15, 0.2) is 6.07 Å². The van der Waals surface area contributed by atoms with Crippen molar-refractivity contribution in [2.75, 3.05) is 30.3 Å². The minimum absolute atomic E-state index is 0.0483. The standard InChI is InChI=1S/C17H28N6O/c1-11(24)20-5-2-12-3-6-23(7-4-12)16-10-15(21-17(19)22-16)13-8-14(18)9-13/h10,12-14H,2-9,18H2,1H3,(H,20,24)(H2,19,21,22). The predicted octanol–water partition coefficient (Wildman–Crippen LogP) is 1.01. The van der Waals surface area contributed by atoms with Gasteiger partial charge in [0.2, 0.25) is 11.9 Å². The van der Waals surface area contributed by atoms with Gasteiger partial charge < -0.3 is 21.7 Å². The molecule has 132 valence electrons. The van der Waals surface area contributed by atoms with Gasteiger partial charge in [-0.25, -0.2) is 4.98 Å². The van der Waals surface area contributed by atoms with Gasteiger partial charge in [0.05, 0.1) is 5.69 Å². The number of rotatable bonds is 5. The van der Waals surface area contributed by atoms with Crippen molar-refractivity contribution >= 4 is 17.7 Å². The van der Waals surface area contributed by atoms with Gasteiger partial charge in [0.25, 0.3) is 0 Å². The fraction of sp³-hybridized carbons (Fsp3) is 0.706. The summed E-state index contributed by atoms with van der Waals surface area (Å²) in [7, 11) is 0. The van der Waals surface area contributed by atoms with Gasteiger partial charge in [0, 0.05) is 44.6 Å². The van der Waals surface area contributed by atoms with E-state index in [-0.39, 0.29) is 5.91 Å². The normalized spacial score (nSPS) is 24.5. The number of carbonyl (C=O) groups is 1. The molecular weight excluding hydrogens is 304 g/mol. The maximum Gasteiger partial charge on any atom is 0.222 e. The van der Waals surface area contributed by atoms with Gasteiger partial charge in [0.1, 0.15) is 5.82 Å². The summed E-state index contributed by atoms with van der Waals surface area (Å²) in [6, 6.07) is 2.39. The molecule has 2 heterocycles. The van der Waals surface area contributed by atoms with Crippen LogP contribution >= 0.6 is 0 Å². The molecule has 1 saturated carbocycles. The molecule has 0 unspecified atom stereocenters. The highest BCUT2D eigenvalue weighted by atomic mass is 16.1. The van der Waals surface area contributed by atoms with Crippen LogP contribution in [-0.4, -0.2) is 41.6 Å². The zero-order chi connectivity index (χ0) is 17.1. The third-order valence-corrected chi connectivity index (χ3v) is 5.21. The Morgan fingerprint density at radius 1 is 1.33 bits per heavy atom. The fourth-order valence-electron chi connectivity index (χ4n) is 3.65. The maximum atomic E-state index is 10.9. The predicted molar refractivity (Wildman–Crippen MR) is 94.6 cm³/mol. The van der Waals surface area contributed by atoms with Gasteiger partial charge in [-0.15, -0.1) is 0 Å². The molecule has 1 amide bonds. The highest BCUT2D eigenvalue weighted by Gasteiger charge is 2.30. The van der Waals surface area contributed by atoms with Gasteiger partial charge in [-0.3, -0.25) is 4.79 Å².